The van der Waals surface area contributed by atoms with E-state index in [1.165, 1.54) is 22.5 Å². The minimum absolute atomic E-state index is 0.151. The van der Waals surface area contributed by atoms with Gasteiger partial charge in [-0.2, -0.15) is 4.31 Å². The van der Waals surface area contributed by atoms with Crippen molar-refractivity contribution >= 4 is 27.3 Å². The van der Waals surface area contributed by atoms with Gasteiger partial charge < -0.3 is 5.73 Å². The van der Waals surface area contributed by atoms with Crippen molar-refractivity contribution in [3.63, 3.8) is 0 Å². The summed E-state index contributed by atoms with van der Waals surface area (Å²) in [6.45, 7) is 9.20. The molecule has 1 aromatic carbocycles. The second-order valence-electron chi connectivity index (χ2n) is 4.04. The largest absolute Gasteiger partial charge is 0.397 e. The van der Waals surface area contributed by atoms with Crippen molar-refractivity contribution < 1.29 is 8.42 Å². The number of benzene rings is 1. The highest BCUT2D eigenvalue weighted by Crippen LogP contribution is 2.28. The first kappa shape index (κ1) is 15.8. The number of hydrogen-bond acceptors (Lipinski definition) is 3. The standard InChI is InChI=1S/C13H17ClN2O2S/c1-4-6-16(7-5-2)19(17,18)13-9-12(15)11(14)8-10(13)3/h4-5,8-9H,1-2,6-7,15H2,3H3. The van der Waals surface area contributed by atoms with Crippen LogP contribution < -0.4 is 5.73 Å². The Morgan fingerprint density at radius 2 is 1.84 bits per heavy atom. The molecule has 0 aliphatic heterocycles. The Hall–Kier alpha value is -1.30. The molecule has 4 nitrogen and oxygen atoms in total. The first-order valence-corrected chi connectivity index (χ1v) is 7.44. The van der Waals surface area contributed by atoms with E-state index < -0.39 is 10.0 Å². The van der Waals surface area contributed by atoms with E-state index in [-0.39, 0.29) is 23.7 Å². The first-order chi connectivity index (χ1) is 8.84. The molecular formula is C13H17ClN2O2S. The number of sulfonamides is 1. The first-order valence-electron chi connectivity index (χ1n) is 5.62. The molecule has 1 rings (SSSR count). The van der Waals surface area contributed by atoms with Crippen LogP contribution in [0.25, 0.3) is 0 Å². The van der Waals surface area contributed by atoms with Crippen molar-refractivity contribution in [3.8, 4) is 0 Å². The summed E-state index contributed by atoms with van der Waals surface area (Å²) in [5, 5.41) is 0.343. The minimum atomic E-state index is -3.64. The van der Waals surface area contributed by atoms with Crippen LogP contribution in [0.5, 0.6) is 0 Å². The molecule has 0 aliphatic carbocycles. The van der Waals surface area contributed by atoms with Gasteiger partial charge in [0, 0.05) is 13.1 Å². The molecule has 0 aliphatic rings. The number of hydrogen-bond donors (Lipinski definition) is 1. The normalized spacial score (nSPS) is 11.5. The van der Waals surface area contributed by atoms with E-state index in [1.807, 2.05) is 0 Å². The third-order valence-electron chi connectivity index (χ3n) is 2.58. The molecule has 6 heteroatoms. The van der Waals surface area contributed by atoms with Crippen LogP contribution in [-0.4, -0.2) is 25.8 Å². The molecular weight excluding hydrogens is 284 g/mol. The maximum Gasteiger partial charge on any atom is 0.243 e. The van der Waals surface area contributed by atoms with E-state index in [1.54, 1.807) is 13.0 Å². The third kappa shape index (κ3) is 3.37. The zero-order valence-corrected chi connectivity index (χ0v) is 12.3. The molecule has 19 heavy (non-hydrogen) atoms. The van der Waals surface area contributed by atoms with Crippen molar-refractivity contribution in [2.45, 2.75) is 11.8 Å². The Balaban J connectivity index is 3.36. The number of nitrogens with two attached hydrogens (primary N) is 1. The van der Waals surface area contributed by atoms with Crippen LogP contribution in [-0.2, 0) is 10.0 Å². The predicted molar refractivity (Wildman–Crippen MR) is 79.8 cm³/mol. The van der Waals surface area contributed by atoms with E-state index in [9.17, 15) is 8.42 Å². The van der Waals surface area contributed by atoms with E-state index in [2.05, 4.69) is 13.2 Å². The van der Waals surface area contributed by atoms with Crippen LogP contribution in [0.1, 0.15) is 5.56 Å². The fraction of sp³-hybridized carbons (Fsp3) is 0.231. The average Bonchev–Trinajstić information content (AvgIpc) is 2.33. The van der Waals surface area contributed by atoms with Crippen LogP contribution in [0, 0.1) is 6.92 Å². The summed E-state index contributed by atoms with van der Waals surface area (Å²) < 4.78 is 26.3. The van der Waals surface area contributed by atoms with Crippen LogP contribution in [0.3, 0.4) is 0 Å². The van der Waals surface area contributed by atoms with E-state index in [4.69, 9.17) is 17.3 Å². The summed E-state index contributed by atoms with van der Waals surface area (Å²) in [5.41, 5.74) is 6.47. The monoisotopic (exact) mass is 300 g/mol. The second-order valence-corrected chi connectivity index (χ2v) is 6.35. The van der Waals surface area contributed by atoms with Gasteiger partial charge in [-0.3, -0.25) is 0 Å². The minimum Gasteiger partial charge on any atom is -0.397 e. The van der Waals surface area contributed by atoms with Crippen molar-refractivity contribution in [2.75, 3.05) is 18.8 Å². The lowest BCUT2D eigenvalue weighted by Gasteiger charge is -2.20. The maximum absolute atomic E-state index is 12.5. The van der Waals surface area contributed by atoms with Gasteiger partial charge >= 0.3 is 0 Å². The quantitative estimate of drug-likeness (QED) is 0.649. The zero-order chi connectivity index (χ0) is 14.6. The lowest BCUT2D eigenvalue weighted by atomic mass is 10.2. The number of nitrogen functional groups attached to an aromatic ring is 1. The molecule has 0 saturated heterocycles. The Bertz CT molecular complexity index is 587. The summed E-state index contributed by atoms with van der Waals surface area (Å²) in [6.07, 6.45) is 3.05. The Kier molecular flexibility index (Phi) is 5.17. The predicted octanol–water partition coefficient (Wildman–Crippen LogP) is 2.59. The Labute approximate surface area is 119 Å². The fourth-order valence-electron chi connectivity index (χ4n) is 1.64. The smallest absolute Gasteiger partial charge is 0.243 e. The van der Waals surface area contributed by atoms with Crippen molar-refractivity contribution in [3.05, 3.63) is 48.0 Å². The molecule has 0 heterocycles. The Morgan fingerprint density at radius 1 is 1.32 bits per heavy atom. The molecule has 0 spiro atoms. The highest BCUT2D eigenvalue weighted by molar-refractivity contribution is 7.89. The van der Waals surface area contributed by atoms with Gasteiger partial charge in [-0.05, 0) is 24.6 Å². The molecule has 0 atom stereocenters. The lowest BCUT2D eigenvalue weighted by molar-refractivity contribution is 0.474. The zero-order valence-electron chi connectivity index (χ0n) is 10.8. The number of nitrogens with zero attached hydrogens (tertiary/aromatic N) is 1. The van der Waals surface area contributed by atoms with E-state index in [0.717, 1.165) is 0 Å². The van der Waals surface area contributed by atoms with Crippen LogP contribution in [0.2, 0.25) is 5.02 Å². The molecule has 0 fully saturated rings. The van der Waals surface area contributed by atoms with Crippen LogP contribution >= 0.6 is 11.6 Å². The Morgan fingerprint density at radius 3 is 2.32 bits per heavy atom. The van der Waals surface area contributed by atoms with Gasteiger partial charge in [0.1, 0.15) is 0 Å². The topological polar surface area (TPSA) is 63.4 Å². The SMILES string of the molecule is C=CCN(CC=C)S(=O)(=O)c1cc(N)c(Cl)cc1C. The van der Waals surface area contributed by atoms with Crippen molar-refractivity contribution in [1.82, 2.24) is 4.31 Å². The number of halogens is 1. The molecule has 2 N–H and O–H groups in total. The lowest BCUT2D eigenvalue weighted by Crippen LogP contribution is -2.32. The molecule has 0 unspecified atom stereocenters. The second kappa shape index (κ2) is 6.23. The molecule has 0 aromatic heterocycles. The molecule has 0 amide bonds. The van der Waals surface area contributed by atoms with Crippen LogP contribution in [0.4, 0.5) is 5.69 Å². The fourth-order valence-corrected chi connectivity index (χ4v) is 3.49. The van der Waals surface area contributed by atoms with Gasteiger partial charge in [-0.15, -0.1) is 13.2 Å². The molecule has 0 bridgehead atoms. The van der Waals surface area contributed by atoms with Crippen LogP contribution in [0.15, 0.2) is 42.3 Å². The van der Waals surface area contributed by atoms with Gasteiger partial charge in [0.25, 0.3) is 0 Å². The maximum atomic E-state index is 12.5. The van der Waals surface area contributed by atoms with E-state index >= 15 is 0 Å². The van der Waals surface area contributed by atoms with Gasteiger partial charge in [0.05, 0.1) is 15.6 Å². The van der Waals surface area contributed by atoms with Gasteiger partial charge in [-0.25, -0.2) is 8.42 Å². The molecule has 1 aromatic rings. The highest BCUT2D eigenvalue weighted by atomic mass is 35.5. The number of anilines is 1. The summed E-state index contributed by atoms with van der Waals surface area (Å²) in [6, 6.07) is 2.93. The van der Waals surface area contributed by atoms with Gasteiger partial charge in [0.15, 0.2) is 0 Å². The molecule has 104 valence electrons. The molecule has 0 saturated carbocycles. The average molecular weight is 301 g/mol. The van der Waals surface area contributed by atoms with Gasteiger partial charge in [0.2, 0.25) is 10.0 Å². The van der Waals surface area contributed by atoms with Gasteiger partial charge in [-0.1, -0.05) is 23.8 Å². The number of aryl methyl sites for hydroxylation is 1. The number of rotatable bonds is 6. The summed E-state index contributed by atoms with van der Waals surface area (Å²) in [5.74, 6) is 0. The van der Waals surface area contributed by atoms with E-state index in [0.29, 0.717) is 10.6 Å². The summed E-state index contributed by atoms with van der Waals surface area (Å²) >= 11 is 5.87. The third-order valence-corrected chi connectivity index (χ3v) is 4.88. The summed E-state index contributed by atoms with van der Waals surface area (Å²) in [4.78, 5) is 0.151. The highest BCUT2D eigenvalue weighted by Gasteiger charge is 2.25. The summed E-state index contributed by atoms with van der Waals surface area (Å²) in [7, 11) is -3.64. The van der Waals surface area contributed by atoms with Crippen molar-refractivity contribution in [2.24, 2.45) is 0 Å². The van der Waals surface area contributed by atoms with Crippen molar-refractivity contribution in [1.29, 1.82) is 0 Å². The molecule has 0 radical (unpaired) electrons.